The number of carbonyl (C=O) groups is 1. The third kappa shape index (κ3) is 4.56. The average Bonchev–Trinajstić information content (AvgIpc) is 2.39. The zero-order valence-corrected chi connectivity index (χ0v) is 12.0. The molecule has 0 heterocycles. The number of nitrogens with one attached hydrogen (secondary N) is 1. The van der Waals surface area contributed by atoms with E-state index in [0.717, 1.165) is 24.2 Å². The second-order valence-electron chi connectivity index (χ2n) is 4.99. The quantitative estimate of drug-likeness (QED) is 0.790. The molecule has 0 radical (unpaired) electrons. The minimum absolute atomic E-state index is 0.00213. The Morgan fingerprint density at radius 3 is 2.68 bits per heavy atom. The van der Waals surface area contributed by atoms with Crippen LogP contribution < -0.4 is 15.8 Å². The van der Waals surface area contributed by atoms with Gasteiger partial charge in [-0.1, -0.05) is 25.1 Å². The Kier molecular flexibility index (Phi) is 5.83. The molecule has 0 aliphatic carbocycles. The Balaban J connectivity index is 2.69. The number of amides is 1. The Morgan fingerprint density at radius 2 is 2.11 bits per heavy atom. The minimum Gasteiger partial charge on any atom is -0.496 e. The fourth-order valence-corrected chi connectivity index (χ4v) is 2.05. The monoisotopic (exact) mass is 264 g/mol. The number of rotatable bonds is 7. The molecule has 1 unspecified atom stereocenters. The molecule has 106 valence electrons. The van der Waals surface area contributed by atoms with Gasteiger partial charge in [-0.2, -0.15) is 0 Å². The average molecular weight is 264 g/mol. The molecule has 1 atom stereocenters. The summed E-state index contributed by atoms with van der Waals surface area (Å²) in [4.78, 5) is 12.1. The number of hydrogen-bond donors (Lipinski definition) is 2. The van der Waals surface area contributed by atoms with Gasteiger partial charge in [0.25, 0.3) is 0 Å². The molecule has 1 rings (SSSR count). The Morgan fingerprint density at radius 1 is 1.42 bits per heavy atom. The third-order valence-electron chi connectivity index (χ3n) is 3.46. The van der Waals surface area contributed by atoms with Crippen molar-refractivity contribution < 1.29 is 9.53 Å². The van der Waals surface area contributed by atoms with Crippen LogP contribution in [0.25, 0.3) is 0 Å². The predicted octanol–water partition coefficient (Wildman–Crippen LogP) is 1.87. The maximum Gasteiger partial charge on any atom is 0.224 e. The fraction of sp³-hybridized carbons (Fsp3) is 0.533. The number of benzene rings is 1. The van der Waals surface area contributed by atoms with Crippen LogP contribution in [-0.4, -0.2) is 25.1 Å². The van der Waals surface area contributed by atoms with Gasteiger partial charge < -0.3 is 15.8 Å². The van der Waals surface area contributed by atoms with Gasteiger partial charge >= 0.3 is 0 Å². The highest BCUT2D eigenvalue weighted by Gasteiger charge is 2.23. The third-order valence-corrected chi connectivity index (χ3v) is 3.46. The van der Waals surface area contributed by atoms with Crippen LogP contribution in [0.2, 0.25) is 0 Å². The minimum atomic E-state index is -0.228. The summed E-state index contributed by atoms with van der Waals surface area (Å²) < 4.78 is 5.25. The van der Waals surface area contributed by atoms with Crippen molar-refractivity contribution in [3.63, 3.8) is 0 Å². The molecule has 0 aliphatic heterocycles. The zero-order chi connectivity index (χ0) is 14.3. The first-order valence-electron chi connectivity index (χ1n) is 6.67. The fourth-order valence-electron chi connectivity index (χ4n) is 2.05. The van der Waals surface area contributed by atoms with Gasteiger partial charge in [0, 0.05) is 11.1 Å². The summed E-state index contributed by atoms with van der Waals surface area (Å²) in [6, 6.07) is 7.57. The first-order valence-corrected chi connectivity index (χ1v) is 6.67. The lowest BCUT2D eigenvalue weighted by molar-refractivity contribution is -0.122. The normalized spacial score (nSPS) is 13.7. The standard InChI is InChI=1S/C15H24N2O2/c1-4-15(2,9-10-16)17-14(18)11-12-7-5-6-8-13(12)19-3/h5-8H,4,9-11,16H2,1-3H3,(H,17,18). The number of methoxy groups -OCH3 is 1. The van der Waals surface area contributed by atoms with Crippen LogP contribution >= 0.6 is 0 Å². The molecule has 1 aromatic rings. The molecular weight excluding hydrogens is 240 g/mol. The van der Waals surface area contributed by atoms with Crippen LogP contribution in [-0.2, 0) is 11.2 Å². The van der Waals surface area contributed by atoms with Gasteiger partial charge in [-0.15, -0.1) is 0 Å². The highest BCUT2D eigenvalue weighted by atomic mass is 16.5. The van der Waals surface area contributed by atoms with Crippen LogP contribution in [0, 0.1) is 0 Å². The summed E-state index contributed by atoms with van der Waals surface area (Å²) in [5.74, 6) is 0.747. The van der Waals surface area contributed by atoms with Gasteiger partial charge in [0.05, 0.1) is 13.5 Å². The van der Waals surface area contributed by atoms with E-state index >= 15 is 0 Å². The van der Waals surface area contributed by atoms with Crippen molar-refractivity contribution in [1.29, 1.82) is 0 Å². The lowest BCUT2D eigenvalue weighted by Crippen LogP contribution is -2.47. The van der Waals surface area contributed by atoms with Crippen LogP contribution in [0.4, 0.5) is 0 Å². The molecule has 0 aromatic heterocycles. The van der Waals surface area contributed by atoms with E-state index in [2.05, 4.69) is 12.2 Å². The van der Waals surface area contributed by atoms with Gasteiger partial charge in [-0.25, -0.2) is 0 Å². The second-order valence-corrected chi connectivity index (χ2v) is 4.99. The molecule has 1 amide bonds. The number of nitrogens with two attached hydrogens (primary N) is 1. The molecular formula is C15H24N2O2. The largest absolute Gasteiger partial charge is 0.496 e. The predicted molar refractivity (Wildman–Crippen MR) is 77.2 cm³/mol. The number of carbonyl (C=O) groups excluding carboxylic acids is 1. The van der Waals surface area contributed by atoms with E-state index in [1.165, 1.54) is 0 Å². The van der Waals surface area contributed by atoms with E-state index < -0.39 is 0 Å². The summed E-state index contributed by atoms with van der Waals surface area (Å²) in [6.45, 7) is 4.65. The Bertz CT molecular complexity index is 420. The van der Waals surface area contributed by atoms with Crippen LogP contribution in [0.15, 0.2) is 24.3 Å². The zero-order valence-electron chi connectivity index (χ0n) is 12.0. The van der Waals surface area contributed by atoms with Crippen LogP contribution in [0.5, 0.6) is 5.75 Å². The van der Waals surface area contributed by atoms with E-state index in [0.29, 0.717) is 13.0 Å². The molecule has 0 spiro atoms. The molecule has 0 bridgehead atoms. The van der Waals surface area contributed by atoms with Crippen molar-refractivity contribution in [2.45, 2.75) is 38.6 Å². The van der Waals surface area contributed by atoms with Gasteiger partial charge in [0.1, 0.15) is 5.75 Å². The van der Waals surface area contributed by atoms with E-state index in [-0.39, 0.29) is 11.4 Å². The summed E-state index contributed by atoms with van der Waals surface area (Å²) in [5.41, 5.74) is 6.26. The highest BCUT2D eigenvalue weighted by molar-refractivity contribution is 5.80. The van der Waals surface area contributed by atoms with Crippen molar-refractivity contribution in [1.82, 2.24) is 5.32 Å². The van der Waals surface area contributed by atoms with Crippen molar-refractivity contribution in [3.05, 3.63) is 29.8 Å². The second kappa shape index (κ2) is 7.14. The van der Waals surface area contributed by atoms with Crippen molar-refractivity contribution in [3.8, 4) is 5.75 Å². The summed E-state index contributed by atoms with van der Waals surface area (Å²) in [7, 11) is 1.61. The van der Waals surface area contributed by atoms with Crippen molar-refractivity contribution in [2.24, 2.45) is 5.73 Å². The molecule has 0 aliphatic rings. The highest BCUT2D eigenvalue weighted by Crippen LogP contribution is 2.19. The molecule has 3 N–H and O–H groups in total. The molecule has 19 heavy (non-hydrogen) atoms. The van der Waals surface area contributed by atoms with Gasteiger partial charge in [0.2, 0.25) is 5.91 Å². The summed E-state index contributed by atoms with van der Waals surface area (Å²) in [5, 5.41) is 3.07. The maximum atomic E-state index is 12.1. The van der Waals surface area contributed by atoms with E-state index in [9.17, 15) is 4.79 Å². The first-order chi connectivity index (χ1) is 9.04. The molecule has 0 saturated heterocycles. The topological polar surface area (TPSA) is 64.3 Å². The van der Waals surface area contributed by atoms with E-state index in [1.807, 2.05) is 31.2 Å². The number of hydrogen-bond acceptors (Lipinski definition) is 3. The van der Waals surface area contributed by atoms with E-state index in [4.69, 9.17) is 10.5 Å². The Labute approximate surface area is 115 Å². The first kappa shape index (κ1) is 15.5. The smallest absolute Gasteiger partial charge is 0.224 e. The lowest BCUT2D eigenvalue weighted by atomic mass is 9.94. The lowest BCUT2D eigenvalue weighted by Gasteiger charge is -2.29. The SMILES string of the molecule is CCC(C)(CCN)NC(=O)Cc1ccccc1OC. The molecule has 4 heteroatoms. The van der Waals surface area contributed by atoms with Gasteiger partial charge in [0.15, 0.2) is 0 Å². The summed E-state index contributed by atoms with van der Waals surface area (Å²) in [6.07, 6.45) is 1.97. The van der Waals surface area contributed by atoms with E-state index in [1.54, 1.807) is 7.11 Å². The van der Waals surface area contributed by atoms with Gasteiger partial charge in [-0.05, 0) is 32.4 Å². The summed E-state index contributed by atoms with van der Waals surface area (Å²) >= 11 is 0. The molecule has 1 aromatic carbocycles. The van der Waals surface area contributed by atoms with Crippen LogP contribution in [0.3, 0.4) is 0 Å². The maximum absolute atomic E-state index is 12.1. The van der Waals surface area contributed by atoms with Crippen molar-refractivity contribution in [2.75, 3.05) is 13.7 Å². The van der Waals surface area contributed by atoms with Crippen molar-refractivity contribution >= 4 is 5.91 Å². The number of para-hydroxylation sites is 1. The Hall–Kier alpha value is -1.55. The molecule has 4 nitrogen and oxygen atoms in total. The van der Waals surface area contributed by atoms with Gasteiger partial charge in [-0.3, -0.25) is 4.79 Å². The number of ether oxygens (including phenoxy) is 1. The molecule has 0 fully saturated rings. The molecule has 0 saturated carbocycles. The van der Waals surface area contributed by atoms with Crippen LogP contribution in [0.1, 0.15) is 32.3 Å².